The van der Waals surface area contributed by atoms with E-state index in [-0.39, 0.29) is 0 Å². The molecular weight excluding hydrogens is 268 g/mol. The van der Waals surface area contributed by atoms with Crippen molar-refractivity contribution in [1.82, 2.24) is 0 Å². The van der Waals surface area contributed by atoms with Gasteiger partial charge in [-0.05, 0) is 43.7 Å². The van der Waals surface area contributed by atoms with E-state index in [4.69, 9.17) is 11.6 Å². The highest BCUT2D eigenvalue weighted by atomic mass is 35.5. The summed E-state index contributed by atoms with van der Waals surface area (Å²) in [5.74, 6) is 0. The normalized spacial score (nSPS) is 17.8. The van der Waals surface area contributed by atoms with Crippen molar-refractivity contribution in [2.24, 2.45) is 0 Å². The smallest absolute Gasteiger partial charge is 0.0689 e. The van der Waals surface area contributed by atoms with Crippen LogP contribution in [-0.4, -0.2) is 12.6 Å². The summed E-state index contributed by atoms with van der Waals surface area (Å²) in [6.45, 7) is 5.44. The van der Waals surface area contributed by atoms with Crippen LogP contribution in [0, 0.1) is 0 Å². The fourth-order valence-electron chi connectivity index (χ4n) is 2.75. The minimum Gasteiger partial charge on any atom is -0.375 e. The summed E-state index contributed by atoms with van der Waals surface area (Å²) in [5.41, 5.74) is 3.76. The summed E-state index contributed by atoms with van der Waals surface area (Å²) in [7, 11) is 0. The number of nitrogens with zero attached hydrogens (tertiary/aromatic N) is 1. The highest BCUT2D eigenvalue weighted by molar-refractivity contribution is 6.30. The summed E-state index contributed by atoms with van der Waals surface area (Å²) in [6.07, 6.45) is 0. The predicted octanol–water partition coefficient (Wildman–Crippen LogP) is 4.72. The molecule has 1 atom stereocenters. The topological polar surface area (TPSA) is 15.3 Å². The Bertz CT molecular complexity index is 592. The SMILES string of the molecule is CC(C)N1C[C@H](c2ccc(Cl)cc2)Nc2ccccc21. The molecule has 0 aliphatic carbocycles. The lowest BCUT2D eigenvalue weighted by atomic mass is 10.0. The summed E-state index contributed by atoms with van der Waals surface area (Å²) in [5, 5.41) is 4.42. The van der Waals surface area contributed by atoms with Crippen LogP contribution in [0.3, 0.4) is 0 Å². The number of nitrogens with one attached hydrogen (secondary N) is 1. The van der Waals surface area contributed by atoms with Crippen molar-refractivity contribution in [3.8, 4) is 0 Å². The van der Waals surface area contributed by atoms with Gasteiger partial charge in [0.25, 0.3) is 0 Å². The molecule has 1 aliphatic heterocycles. The molecule has 0 saturated heterocycles. The van der Waals surface area contributed by atoms with Gasteiger partial charge in [-0.25, -0.2) is 0 Å². The Morgan fingerprint density at radius 3 is 2.50 bits per heavy atom. The first-order valence-corrected chi connectivity index (χ1v) is 7.40. The first-order valence-electron chi connectivity index (χ1n) is 7.03. The molecule has 104 valence electrons. The third-order valence-corrected chi connectivity index (χ3v) is 4.07. The molecule has 2 aromatic rings. The maximum Gasteiger partial charge on any atom is 0.0689 e. The van der Waals surface area contributed by atoms with E-state index >= 15 is 0 Å². The van der Waals surface area contributed by atoms with Gasteiger partial charge in [0.15, 0.2) is 0 Å². The van der Waals surface area contributed by atoms with Crippen LogP contribution >= 0.6 is 11.6 Å². The molecule has 0 spiro atoms. The molecule has 0 unspecified atom stereocenters. The Balaban J connectivity index is 1.95. The fraction of sp³-hybridized carbons (Fsp3) is 0.294. The van der Waals surface area contributed by atoms with Crippen LogP contribution in [-0.2, 0) is 0 Å². The number of anilines is 2. The quantitative estimate of drug-likeness (QED) is 0.859. The average molecular weight is 287 g/mol. The number of rotatable bonds is 2. The lowest BCUT2D eigenvalue weighted by Gasteiger charge is -2.40. The third-order valence-electron chi connectivity index (χ3n) is 3.82. The number of benzene rings is 2. The van der Waals surface area contributed by atoms with Gasteiger partial charge < -0.3 is 10.2 Å². The number of hydrogen-bond acceptors (Lipinski definition) is 2. The van der Waals surface area contributed by atoms with Crippen molar-refractivity contribution in [3.05, 3.63) is 59.1 Å². The minimum absolute atomic E-state index is 0.296. The van der Waals surface area contributed by atoms with Gasteiger partial charge in [-0.2, -0.15) is 0 Å². The number of para-hydroxylation sites is 2. The van der Waals surface area contributed by atoms with Crippen LogP contribution in [0.25, 0.3) is 0 Å². The molecule has 0 aromatic heterocycles. The van der Waals surface area contributed by atoms with E-state index in [1.807, 2.05) is 12.1 Å². The molecule has 3 rings (SSSR count). The van der Waals surface area contributed by atoms with E-state index in [1.54, 1.807) is 0 Å². The number of hydrogen-bond donors (Lipinski definition) is 1. The molecule has 20 heavy (non-hydrogen) atoms. The zero-order chi connectivity index (χ0) is 14.1. The molecule has 1 N–H and O–H groups in total. The van der Waals surface area contributed by atoms with E-state index in [9.17, 15) is 0 Å². The van der Waals surface area contributed by atoms with Crippen LogP contribution in [0.1, 0.15) is 25.5 Å². The van der Waals surface area contributed by atoms with Crippen LogP contribution < -0.4 is 10.2 Å². The summed E-state index contributed by atoms with van der Waals surface area (Å²) in [4.78, 5) is 2.45. The Labute approximate surface area is 125 Å². The monoisotopic (exact) mass is 286 g/mol. The number of fused-ring (bicyclic) bond motifs is 1. The van der Waals surface area contributed by atoms with Gasteiger partial charge >= 0.3 is 0 Å². The highest BCUT2D eigenvalue weighted by Gasteiger charge is 2.25. The van der Waals surface area contributed by atoms with Crippen molar-refractivity contribution in [2.45, 2.75) is 25.9 Å². The average Bonchev–Trinajstić information content (AvgIpc) is 2.46. The molecule has 1 aliphatic rings. The second kappa shape index (κ2) is 5.37. The zero-order valence-electron chi connectivity index (χ0n) is 11.8. The van der Waals surface area contributed by atoms with E-state index in [0.717, 1.165) is 11.6 Å². The van der Waals surface area contributed by atoms with E-state index < -0.39 is 0 Å². The van der Waals surface area contributed by atoms with Gasteiger partial charge in [0.1, 0.15) is 0 Å². The second-order valence-electron chi connectivity index (χ2n) is 5.51. The molecule has 0 amide bonds. The van der Waals surface area contributed by atoms with E-state index in [1.165, 1.54) is 16.9 Å². The van der Waals surface area contributed by atoms with Gasteiger partial charge in [-0.15, -0.1) is 0 Å². The maximum absolute atomic E-state index is 5.98. The molecule has 3 heteroatoms. The summed E-state index contributed by atoms with van der Waals surface area (Å²) >= 11 is 5.98. The Kier molecular flexibility index (Phi) is 3.58. The first-order chi connectivity index (χ1) is 9.65. The van der Waals surface area contributed by atoms with E-state index in [2.05, 4.69) is 60.5 Å². The molecule has 0 fully saturated rings. The Morgan fingerprint density at radius 2 is 1.80 bits per heavy atom. The summed E-state index contributed by atoms with van der Waals surface area (Å²) in [6, 6.07) is 17.4. The maximum atomic E-state index is 5.98. The lowest BCUT2D eigenvalue weighted by Crippen LogP contribution is -2.40. The van der Waals surface area contributed by atoms with Crippen molar-refractivity contribution >= 4 is 23.0 Å². The van der Waals surface area contributed by atoms with Gasteiger partial charge in [0.2, 0.25) is 0 Å². The largest absolute Gasteiger partial charge is 0.375 e. The van der Waals surface area contributed by atoms with Gasteiger partial charge in [0, 0.05) is 17.6 Å². The highest BCUT2D eigenvalue weighted by Crippen LogP contribution is 2.36. The van der Waals surface area contributed by atoms with E-state index in [0.29, 0.717) is 12.1 Å². The first kappa shape index (κ1) is 13.3. The van der Waals surface area contributed by atoms with Gasteiger partial charge in [0.05, 0.1) is 17.4 Å². The molecule has 0 bridgehead atoms. The second-order valence-corrected chi connectivity index (χ2v) is 5.95. The van der Waals surface area contributed by atoms with Crippen LogP contribution in [0.2, 0.25) is 5.02 Å². The predicted molar refractivity (Wildman–Crippen MR) is 86.7 cm³/mol. The molecule has 2 nitrogen and oxygen atoms in total. The molecule has 2 aromatic carbocycles. The van der Waals surface area contributed by atoms with Crippen molar-refractivity contribution in [1.29, 1.82) is 0 Å². The van der Waals surface area contributed by atoms with Crippen molar-refractivity contribution in [2.75, 3.05) is 16.8 Å². The van der Waals surface area contributed by atoms with Crippen LogP contribution in [0.15, 0.2) is 48.5 Å². The number of halogens is 1. The molecule has 0 saturated carbocycles. The Morgan fingerprint density at radius 1 is 1.10 bits per heavy atom. The zero-order valence-corrected chi connectivity index (χ0v) is 12.6. The molecule has 0 radical (unpaired) electrons. The lowest BCUT2D eigenvalue weighted by molar-refractivity contribution is 0.617. The fourth-order valence-corrected chi connectivity index (χ4v) is 2.87. The van der Waals surface area contributed by atoms with Crippen molar-refractivity contribution < 1.29 is 0 Å². The van der Waals surface area contributed by atoms with Crippen LogP contribution in [0.4, 0.5) is 11.4 Å². The molecule has 1 heterocycles. The van der Waals surface area contributed by atoms with Crippen molar-refractivity contribution in [3.63, 3.8) is 0 Å². The van der Waals surface area contributed by atoms with Crippen LogP contribution in [0.5, 0.6) is 0 Å². The standard InChI is InChI=1S/C17H19ClN2/c1-12(2)20-11-16(13-7-9-14(18)10-8-13)19-15-5-3-4-6-17(15)20/h3-10,12,16,19H,11H2,1-2H3/t16-/m1/s1. The molecular formula is C17H19ClN2. The van der Waals surface area contributed by atoms with Gasteiger partial charge in [-0.3, -0.25) is 0 Å². The minimum atomic E-state index is 0.296. The Hall–Kier alpha value is -1.67. The summed E-state index contributed by atoms with van der Waals surface area (Å²) < 4.78 is 0. The van der Waals surface area contributed by atoms with Gasteiger partial charge in [-0.1, -0.05) is 35.9 Å². The third kappa shape index (κ3) is 2.48.